The van der Waals surface area contributed by atoms with Crippen molar-refractivity contribution in [2.45, 2.75) is 26.0 Å². The van der Waals surface area contributed by atoms with Crippen LogP contribution in [0.15, 0.2) is 48.5 Å². The molecule has 1 N–H and O–H groups in total. The second-order valence-corrected chi connectivity index (χ2v) is 6.69. The van der Waals surface area contributed by atoms with E-state index in [0.29, 0.717) is 12.5 Å². The van der Waals surface area contributed by atoms with Crippen molar-refractivity contribution in [3.05, 3.63) is 59.7 Å². The monoisotopic (exact) mass is 341 g/mol. The molecule has 0 aromatic heterocycles. The Labute approximate surface area is 150 Å². The molecule has 0 spiro atoms. The van der Waals surface area contributed by atoms with Gasteiger partial charge in [-0.25, -0.2) is 0 Å². The lowest BCUT2D eigenvalue weighted by Crippen LogP contribution is -2.36. The minimum atomic E-state index is 0.284. The van der Waals surface area contributed by atoms with Crippen LogP contribution in [-0.4, -0.2) is 36.8 Å². The van der Waals surface area contributed by atoms with Crippen molar-refractivity contribution in [2.75, 3.05) is 26.8 Å². The van der Waals surface area contributed by atoms with Gasteiger partial charge in [0.1, 0.15) is 6.61 Å². The maximum Gasteiger partial charge on any atom is 0.161 e. The first-order valence-electron chi connectivity index (χ1n) is 8.95. The molecule has 2 aromatic rings. The summed E-state index contributed by atoms with van der Waals surface area (Å²) >= 11 is 0. The zero-order chi connectivity index (χ0) is 17.5. The molecule has 0 saturated carbocycles. The molecule has 1 unspecified atom stereocenters. The van der Waals surface area contributed by atoms with Crippen molar-refractivity contribution in [2.24, 2.45) is 5.92 Å². The first kappa shape index (κ1) is 17.8. The lowest BCUT2D eigenvalue weighted by molar-refractivity contribution is 0.116. The highest BCUT2D eigenvalue weighted by molar-refractivity contribution is 5.43. The van der Waals surface area contributed by atoms with Crippen LogP contribution in [0.25, 0.3) is 0 Å². The number of aliphatic hydroxyl groups excluding tert-OH is 1. The Morgan fingerprint density at radius 1 is 1.08 bits per heavy atom. The topological polar surface area (TPSA) is 41.9 Å². The van der Waals surface area contributed by atoms with E-state index in [1.807, 2.05) is 24.3 Å². The van der Waals surface area contributed by atoms with Gasteiger partial charge >= 0.3 is 0 Å². The Balaban J connectivity index is 1.63. The van der Waals surface area contributed by atoms with Crippen LogP contribution in [0.5, 0.6) is 11.5 Å². The Morgan fingerprint density at radius 3 is 2.68 bits per heavy atom. The molecule has 1 aliphatic heterocycles. The smallest absolute Gasteiger partial charge is 0.161 e. The van der Waals surface area contributed by atoms with Crippen molar-refractivity contribution >= 4 is 0 Å². The highest BCUT2D eigenvalue weighted by Gasteiger charge is 2.19. The molecule has 4 heteroatoms. The quantitative estimate of drug-likeness (QED) is 0.837. The van der Waals surface area contributed by atoms with Crippen molar-refractivity contribution in [1.29, 1.82) is 0 Å². The van der Waals surface area contributed by atoms with Crippen LogP contribution in [0, 0.1) is 5.92 Å². The molecule has 1 saturated heterocycles. The summed E-state index contributed by atoms with van der Waals surface area (Å²) in [6.07, 6.45) is 2.28. The van der Waals surface area contributed by atoms with Crippen molar-refractivity contribution < 1.29 is 14.6 Å². The minimum absolute atomic E-state index is 0.284. The van der Waals surface area contributed by atoms with Gasteiger partial charge in [0.2, 0.25) is 0 Å². The fraction of sp³-hybridized carbons (Fsp3) is 0.429. The number of aliphatic hydroxyl groups is 1. The third-order valence-electron chi connectivity index (χ3n) is 4.73. The zero-order valence-corrected chi connectivity index (χ0v) is 14.9. The summed E-state index contributed by atoms with van der Waals surface area (Å²) in [6, 6.07) is 16.3. The molecular weight excluding hydrogens is 314 g/mol. The standard InChI is InChI=1S/C21H27NO3/c1-24-21-12-18(13-22-11-5-8-19(14-22)15-23)9-10-20(21)25-16-17-6-3-2-4-7-17/h2-4,6-7,9-10,12,19,23H,5,8,11,13-16H2,1H3. The van der Waals surface area contributed by atoms with E-state index in [0.717, 1.165) is 49.5 Å². The summed E-state index contributed by atoms with van der Waals surface area (Å²) in [5.74, 6) is 1.94. The maximum absolute atomic E-state index is 9.38. The number of nitrogens with zero attached hydrogens (tertiary/aromatic N) is 1. The molecule has 1 aliphatic rings. The van der Waals surface area contributed by atoms with Crippen molar-refractivity contribution in [3.8, 4) is 11.5 Å². The van der Waals surface area contributed by atoms with Gasteiger partial charge in [-0.15, -0.1) is 0 Å². The number of rotatable bonds is 7. The van der Waals surface area contributed by atoms with Gasteiger partial charge < -0.3 is 14.6 Å². The van der Waals surface area contributed by atoms with Crippen LogP contribution in [0.2, 0.25) is 0 Å². The molecule has 3 rings (SSSR count). The fourth-order valence-corrected chi connectivity index (χ4v) is 3.37. The predicted molar refractivity (Wildman–Crippen MR) is 98.9 cm³/mol. The normalized spacial score (nSPS) is 18.1. The summed E-state index contributed by atoms with van der Waals surface area (Å²) in [7, 11) is 1.68. The van der Waals surface area contributed by atoms with Gasteiger partial charge in [-0.05, 0) is 48.6 Å². The Morgan fingerprint density at radius 2 is 1.92 bits per heavy atom. The molecule has 0 aliphatic carbocycles. The Bertz CT molecular complexity index is 659. The van der Waals surface area contributed by atoms with Crippen LogP contribution in [0.4, 0.5) is 0 Å². The Kier molecular flexibility index (Phi) is 6.31. The largest absolute Gasteiger partial charge is 0.493 e. The van der Waals surface area contributed by atoms with Gasteiger partial charge in [0.15, 0.2) is 11.5 Å². The highest BCUT2D eigenvalue weighted by Crippen LogP contribution is 2.30. The van der Waals surface area contributed by atoms with Crippen molar-refractivity contribution in [3.63, 3.8) is 0 Å². The van der Waals surface area contributed by atoms with E-state index >= 15 is 0 Å². The molecule has 0 bridgehead atoms. The number of likely N-dealkylation sites (tertiary alicyclic amines) is 1. The van der Waals surface area contributed by atoms with Gasteiger partial charge in [-0.3, -0.25) is 4.90 Å². The van der Waals surface area contributed by atoms with Crippen LogP contribution in [-0.2, 0) is 13.2 Å². The van der Waals surface area contributed by atoms with E-state index in [4.69, 9.17) is 9.47 Å². The average molecular weight is 341 g/mol. The first-order valence-corrected chi connectivity index (χ1v) is 8.95. The summed E-state index contributed by atoms with van der Waals surface area (Å²) in [5, 5.41) is 9.38. The van der Waals surface area contributed by atoms with Crippen LogP contribution >= 0.6 is 0 Å². The molecule has 134 valence electrons. The number of benzene rings is 2. The van der Waals surface area contributed by atoms with Crippen LogP contribution in [0.3, 0.4) is 0 Å². The third-order valence-corrected chi connectivity index (χ3v) is 4.73. The number of hydrogen-bond donors (Lipinski definition) is 1. The number of hydrogen-bond acceptors (Lipinski definition) is 4. The molecule has 2 aromatic carbocycles. The number of ether oxygens (including phenoxy) is 2. The summed E-state index contributed by atoms with van der Waals surface area (Å²) in [5.41, 5.74) is 2.35. The molecule has 1 fully saturated rings. The van der Waals surface area contributed by atoms with E-state index in [9.17, 15) is 5.11 Å². The summed E-state index contributed by atoms with van der Waals surface area (Å²) in [4.78, 5) is 2.41. The number of piperidine rings is 1. The molecule has 4 nitrogen and oxygen atoms in total. The van der Waals surface area contributed by atoms with Gasteiger partial charge in [0.25, 0.3) is 0 Å². The zero-order valence-electron chi connectivity index (χ0n) is 14.9. The van der Waals surface area contributed by atoms with Crippen LogP contribution in [0.1, 0.15) is 24.0 Å². The maximum atomic E-state index is 9.38. The molecule has 25 heavy (non-hydrogen) atoms. The predicted octanol–water partition coefficient (Wildman–Crippen LogP) is 3.48. The third kappa shape index (κ3) is 4.97. The molecule has 0 radical (unpaired) electrons. The van der Waals surface area contributed by atoms with E-state index in [1.165, 1.54) is 5.56 Å². The molecular formula is C21H27NO3. The minimum Gasteiger partial charge on any atom is -0.493 e. The lowest BCUT2D eigenvalue weighted by Gasteiger charge is -2.31. The van der Waals surface area contributed by atoms with Gasteiger partial charge in [-0.2, -0.15) is 0 Å². The second-order valence-electron chi connectivity index (χ2n) is 6.69. The van der Waals surface area contributed by atoms with E-state index in [-0.39, 0.29) is 6.61 Å². The highest BCUT2D eigenvalue weighted by atomic mass is 16.5. The summed E-state index contributed by atoms with van der Waals surface area (Å²) < 4.78 is 11.4. The van der Waals surface area contributed by atoms with E-state index in [1.54, 1.807) is 7.11 Å². The SMILES string of the molecule is COc1cc(CN2CCCC(CO)C2)ccc1OCc1ccccc1. The summed E-state index contributed by atoms with van der Waals surface area (Å²) in [6.45, 7) is 3.74. The van der Waals surface area contributed by atoms with Gasteiger partial charge in [-0.1, -0.05) is 36.4 Å². The number of methoxy groups -OCH3 is 1. The van der Waals surface area contributed by atoms with Crippen LogP contribution < -0.4 is 9.47 Å². The fourth-order valence-electron chi connectivity index (χ4n) is 3.37. The van der Waals surface area contributed by atoms with E-state index in [2.05, 4.69) is 29.2 Å². The molecule has 1 atom stereocenters. The molecule has 0 amide bonds. The first-order chi connectivity index (χ1) is 12.3. The van der Waals surface area contributed by atoms with Crippen molar-refractivity contribution in [1.82, 2.24) is 4.90 Å². The second kappa shape index (κ2) is 8.88. The lowest BCUT2D eigenvalue weighted by atomic mass is 9.98. The van der Waals surface area contributed by atoms with Gasteiger partial charge in [0.05, 0.1) is 7.11 Å². The Hall–Kier alpha value is -2.04. The van der Waals surface area contributed by atoms with Gasteiger partial charge in [0, 0.05) is 19.7 Å². The average Bonchev–Trinajstić information content (AvgIpc) is 2.67. The van der Waals surface area contributed by atoms with E-state index < -0.39 is 0 Å². The molecule has 1 heterocycles.